The first-order valence-corrected chi connectivity index (χ1v) is 14.5. The molecule has 0 aliphatic rings. The Morgan fingerprint density at radius 2 is 1.51 bits per heavy atom. The molecule has 0 spiro atoms. The van der Waals surface area contributed by atoms with Gasteiger partial charge in [-0.3, -0.25) is 13.9 Å². The number of amides is 2. The number of ether oxygens (including phenoxy) is 3. The van der Waals surface area contributed by atoms with Gasteiger partial charge in [0.25, 0.3) is 10.0 Å². The Balaban J connectivity index is 2.05. The van der Waals surface area contributed by atoms with Crippen molar-refractivity contribution in [1.82, 2.24) is 10.2 Å². The van der Waals surface area contributed by atoms with Crippen molar-refractivity contribution in [3.05, 3.63) is 77.9 Å². The van der Waals surface area contributed by atoms with E-state index in [-0.39, 0.29) is 23.1 Å². The number of benzene rings is 3. The van der Waals surface area contributed by atoms with Crippen molar-refractivity contribution in [2.75, 3.05) is 38.7 Å². The lowest BCUT2D eigenvalue weighted by Gasteiger charge is -2.32. The van der Waals surface area contributed by atoms with Crippen molar-refractivity contribution in [2.45, 2.75) is 38.3 Å². The smallest absolute Gasteiger partial charge is 0.264 e. The predicted octanol–water partition coefficient (Wildman–Crippen LogP) is 3.77. The molecule has 0 aliphatic carbocycles. The Kier molecular flexibility index (Phi) is 10.6. The number of sulfonamides is 1. The molecule has 1 atom stereocenters. The largest absolute Gasteiger partial charge is 0.497 e. The molecular weight excluding hydrogens is 546 g/mol. The summed E-state index contributed by atoms with van der Waals surface area (Å²) < 4.78 is 44.9. The topological polar surface area (TPSA) is 114 Å². The van der Waals surface area contributed by atoms with E-state index < -0.39 is 28.5 Å². The first-order chi connectivity index (χ1) is 19.5. The fourth-order valence-corrected chi connectivity index (χ4v) is 5.61. The molecule has 0 heterocycles. The van der Waals surface area contributed by atoms with E-state index in [2.05, 4.69) is 5.32 Å². The summed E-state index contributed by atoms with van der Waals surface area (Å²) in [6.45, 7) is 5.21. The van der Waals surface area contributed by atoms with Crippen molar-refractivity contribution >= 4 is 27.5 Å². The summed E-state index contributed by atoms with van der Waals surface area (Å²) in [6.07, 6.45) is 0. The molecule has 0 aromatic heterocycles. The highest BCUT2D eigenvalue weighted by Gasteiger charge is 2.33. The van der Waals surface area contributed by atoms with Crippen molar-refractivity contribution in [2.24, 2.45) is 0 Å². The second-order valence-corrected chi connectivity index (χ2v) is 11.2. The van der Waals surface area contributed by atoms with Crippen LogP contribution in [0.1, 0.15) is 25.0 Å². The number of anilines is 1. The average Bonchev–Trinajstić information content (AvgIpc) is 2.98. The third kappa shape index (κ3) is 7.49. The molecule has 0 aliphatic heterocycles. The highest BCUT2D eigenvalue weighted by molar-refractivity contribution is 7.92. The summed E-state index contributed by atoms with van der Waals surface area (Å²) in [6, 6.07) is 17.3. The zero-order valence-electron chi connectivity index (χ0n) is 24.2. The molecule has 3 aromatic carbocycles. The molecule has 2 amide bonds. The van der Waals surface area contributed by atoms with E-state index in [1.165, 1.54) is 37.3 Å². The minimum absolute atomic E-state index is 0.0815. The molecule has 41 heavy (non-hydrogen) atoms. The van der Waals surface area contributed by atoms with Crippen molar-refractivity contribution in [1.29, 1.82) is 0 Å². The molecule has 11 heteroatoms. The Morgan fingerprint density at radius 1 is 0.878 bits per heavy atom. The van der Waals surface area contributed by atoms with Crippen LogP contribution >= 0.6 is 0 Å². The molecule has 0 fully saturated rings. The predicted molar refractivity (Wildman–Crippen MR) is 157 cm³/mol. The van der Waals surface area contributed by atoms with Gasteiger partial charge in [0.05, 0.1) is 31.9 Å². The normalized spacial score (nSPS) is 11.8. The minimum atomic E-state index is -4.26. The Bertz CT molecular complexity index is 1440. The lowest BCUT2D eigenvalue weighted by Crippen LogP contribution is -2.51. The fourth-order valence-electron chi connectivity index (χ4n) is 4.18. The molecule has 0 bridgehead atoms. The quantitative estimate of drug-likeness (QED) is 0.326. The van der Waals surface area contributed by atoms with E-state index in [4.69, 9.17) is 14.2 Å². The summed E-state index contributed by atoms with van der Waals surface area (Å²) in [5.41, 5.74) is 1.98. The van der Waals surface area contributed by atoms with Gasteiger partial charge in [-0.2, -0.15) is 0 Å². The third-order valence-corrected chi connectivity index (χ3v) is 8.34. The van der Waals surface area contributed by atoms with Crippen LogP contribution in [0, 0.1) is 6.92 Å². The summed E-state index contributed by atoms with van der Waals surface area (Å²) in [5.74, 6) is 0.346. The number of nitrogens with one attached hydrogen (secondary N) is 1. The lowest BCUT2D eigenvalue weighted by molar-refractivity contribution is -0.139. The number of carbonyl (C=O) groups excluding carboxylic acids is 2. The second kappa shape index (κ2) is 13.9. The van der Waals surface area contributed by atoms with Crippen LogP contribution in [0.4, 0.5) is 5.69 Å². The second-order valence-electron chi connectivity index (χ2n) is 9.30. The van der Waals surface area contributed by atoms with Gasteiger partial charge in [-0.05, 0) is 62.7 Å². The maximum atomic E-state index is 14.0. The first-order valence-electron chi connectivity index (χ1n) is 13.1. The SMILES string of the molecule is CCNC(=O)C(C)N(Cc1ccc(OC)cc1)C(=O)CN(c1ccc(C)cc1)S(=O)(=O)c1ccc(OC)c(OC)c1. The molecule has 0 saturated carbocycles. The van der Waals surface area contributed by atoms with Crippen LogP contribution in [0.2, 0.25) is 0 Å². The molecular formula is C30H37N3O7S. The van der Waals surface area contributed by atoms with Gasteiger partial charge in [0.2, 0.25) is 11.8 Å². The molecule has 3 aromatic rings. The molecule has 1 N–H and O–H groups in total. The van der Waals surface area contributed by atoms with E-state index in [1.807, 2.05) is 6.92 Å². The first kappa shape index (κ1) is 31.3. The Labute approximate surface area is 241 Å². The zero-order valence-corrected chi connectivity index (χ0v) is 25.0. The number of nitrogens with zero attached hydrogens (tertiary/aromatic N) is 2. The van der Waals surface area contributed by atoms with Crippen molar-refractivity contribution < 1.29 is 32.2 Å². The van der Waals surface area contributed by atoms with Gasteiger partial charge in [-0.1, -0.05) is 29.8 Å². The number of carbonyl (C=O) groups is 2. The average molecular weight is 584 g/mol. The standard InChI is InChI=1S/C30H37N3O7S/c1-7-31-30(35)22(3)32(19-23-10-14-25(38-4)15-11-23)29(34)20-33(24-12-8-21(2)9-13-24)41(36,37)26-16-17-27(39-5)28(18-26)40-6/h8-18,22H,7,19-20H2,1-6H3,(H,31,35). The summed E-state index contributed by atoms with van der Waals surface area (Å²) in [4.78, 5) is 28.1. The van der Waals surface area contributed by atoms with Crippen LogP contribution in [-0.4, -0.2) is 65.6 Å². The number of hydrogen-bond acceptors (Lipinski definition) is 7. The van der Waals surface area contributed by atoms with Crippen molar-refractivity contribution in [3.8, 4) is 17.2 Å². The highest BCUT2D eigenvalue weighted by atomic mass is 32.2. The van der Waals surface area contributed by atoms with Crippen LogP contribution in [-0.2, 0) is 26.2 Å². The highest BCUT2D eigenvalue weighted by Crippen LogP contribution is 2.32. The van der Waals surface area contributed by atoms with Crippen LogP contribution in [0.3, 0.4) is 0 Å². The summed E-state index contributed by atoms with van der Waals surface area (Å²) in [7, 11) is 0.165. The number of rotatable bonds is 13. The molecule has 10 nitrogen and oxygen atoms in total. The van der Waals surface area contributed by atoms with Gasteiger partial charge < -0.3 is 24.4 Å². The van der Waals surface area contributed by atoms with E-state index in [0.717, 1.165) is 15.4 Å². The maximum absolute atomic E-state index is 14.0. The number of aryl methyl sites for hydroxylation is 1. The lowest BCUT2D eigenvalue weighted by atomic mass is 10.1. The monoisotopic (exact) mass is 583 g/mol. The maximum Gasteiger partial charge on any atom is 0.264 e. The third-order valence-electron chi connectivity index (χ3n) is 6.57. The number of methoxy groups -OCH3 is 3. The number of hydrogen-bond donors (Lipinski definition) is 1. The molecule has 0 radical (unpaired) electrons. The van der Waals surface area contributed by atoms with Gasteiger partial charge >= 0.3 is 0 Å². The van der Waals surface area contributed by atoms with Crippen molar-refractivity contribution in [3.63, 3.8) is 0 Å². The Morgan fingerprint density at radius 3 is 2.07 bits per heavy atom. The van der Waals surface area contributed by atoms with Crippen LogP contribution in [0.25, 0.3) is 0 Å². The van der Waals surface area contributed by atoms with Gasteiger partial charge in [-0.25, -0.2) is 8.42 Å². The van der Waals surface area contributed by atoms with Gasteiger partial charge in [0.15, 0.2) is 11.5 Å². The molecule has 3 rings (SSSR count). The van der Waals surface area contributed by atoms with Crippen LogP contribution in [0.5, 0.6) is 17.2 Å². The van der Waals surface area contributed by atoms with E-state index >= 15 is 0 Å². The summed E-state index contributed by atoms with van der Waals surface area (Å²) >= 11 is 0. The van der Waals surface area contributed by atoms with Crippen LogP contribution < -0.4 is 23.8 Å². The molecule has 1 unspecified atom stereocenters. The Hall–Kier alpha value is -4.25. The van der Waals surface area contributed by atoms with Gasteiger partial charge in [-0.15, -0.1) is 0 Å². The molecule has 220 valence electrons. The van der Waals surface area contributed by atoms with E-state index in [9.17, 15) is 18.0 Å². The summed E-state index contributed by atoms with van der Waals surface area (Å²) in [5, 5.41) is 2.75. The van der Waals surface area contributed by atoms with Crippen LogP contribution in [0.15, 0.2) is 71.6 Å². The number of likely N-dealkylation sites (N-methyl/N-ethyl adjacent to an activating group) is 1. The van der Waals surface area contributed by atoms with Gasteiger partial charge in [0, 0.05) is 19.2 Å². The van der Waals surface area contributed by atoms with Gasteiger partial charge in [0.1, 0.15) is 18.3 Å². The zero-order chi connectivity index (χ0) is 30.2. The fraction of sp³-hybridized carbons (Fsp3) is 0.333. The minimum Gasteiger partial charge on any atom is -0.497 e. The van der Waals surface area contributed by atoms with E-state index in [0.29, 0.717) is 23.7 Å². The molecule has 0 saturated heterocycles. The van der Waals surface area contributed by atoms with E-state index in [1.54, 1.807) is 69.5 Å².